The van der Waals surface area contributed by atoms with E-state index < -0.39 is 15.6 Å². The van der Waals surface area contributed by atoms with Gasteiger partial charge in [-0.05, 0) is 30.7 Å². The zero-order valence-corrected chi connectivity index (χ0v) is 17.6. The average Bonchev–Trinajstić information content (AvgIpc) is 3.01. The van der Waals surface area contributed by atoms with Crippen LogP contribution in [0, 0.1) is 0 Å². The van der Waals surface area contributed by atoms with Crippen molar-refractivity contribution < 1.29 is 21.7 Å². The first-order valence-corrected chi connectivity index (χ1v) is 11.0. The predicted molar refractivity (Wildman–Crippen MR) is 105 cm³/mol. The molecule has 160 valence electrons. The first-order chi connectivity index (χ1) is 13.6. The molecule has 3 rings (SSSR count). The first kappa shape index (κ1) is 21.6. The largest absolute Gasteiger partial charge is 0.370 e. The second-order valence-electron chi connectivity index (χ2n) is 8.18. The summed E-state index contributed by atoms with van der Waals surface area (Å²) in [6.45, 7) is 9.81. The van der Waals surface area contributed by atoms with E-state index in [1.165, 1.54) is 12.1 Å². The molecule has 1 aliphatic rings. The zero-order valence-electron chi connectivity index (χ0n) is 16.8. The molecule has 0 spiro atoms. The van der Waals surface area contributed by atoms with Gasteiger partial charge in [-0.15, -0.1) is 0 Å². The van der Waals surface area contributed by atoms with Crippen molar-refractivity contribution in [2.45, 2.75) is 49.8 Å². The van der Waals surface area contributed by atoms with Crippen molar-refractivity contribution in [1.29, 1.82) is 0 Å². The zero-order chi connectivity index (χ0) is 21.2. The molecule has 0 amide bonds. The van der Waals surface area contributed by atoms with E-state index in [0.29, 0.717) is 18.3 Å². The molecule has 1 aliphatic heterocycles. The van der Waals surface area contributed by atoms with Gasteiger partial charge in [0, 0.05) is 37.3 Å². The smallest absolute Gasteiger partial charge is 0.341 e. The molecule has 1 fully saturated rings. The molecule has 0 saturated carbocycles. The Labute approximate surface area is 169 Å². The van der Waals surface area contributed by atoms with Gasteiger partial charge in [-0.1, -0.05) is 25.9 Å². The number of hydrogen-bond acceptors (Lipinski definition) is 7. The summed E-state index contributed by atoms with van der Waals surface area (Å²) in [6.07, 6.45) is 0.904. The van der Waals surface area contributed by atoms with E-state index in [2.05, 4.69) is 19.9 Å². The lowest BCUT2D eigenvalue weighted by Crippen LogP contribution is -2.30. The minimum absolute atomic E-state index is 0.190. The Hall–Kier alpha value is -2.07. The van der Waals surface area contributed by atoms with E-state index in [9.17, 15) is 17.2 Å². The van der Waals surface area contributed by atoms with E-state index >= 15 is 0 Å². The van der Waals surface area contributed by atoms with Crippen LogP contribution in [-0.2, 0) is 21.8 Å². The number of nitrogens with zero attached hydrogens (tertiary/aromatic N) is 4. The van der Waals surface area contributed by atoms with Crippen molar-refractivity contribution in [3.63, 3.8) is 0 Å². The van der Waals surface area contributed by atoms with Crippen LogP contribution in [0.2, 0.25) is 0 Å². The highest BCUT2D eigenvalue weighted by Gasteiger charge is 2.27. The molecule has 7 nitrogen and oxygen atoms in total. The Kier molecular flexibility index (Phi) is 6.23. The fourth-order valence-corrected chi connectivity index (χ4v) is 3.88. The lowest BCUT2D eigenvalue weighted by molar-refractivity contribution is 0.234. The summed E-state index contributed by atoms with van der Waals surface area (Å²) in [6, 6.07) is 5.65. The van der Waals surface area contributed by atoms with Crippen LogP contribution < -0.4 is 4.90 Å². The fourth-order valence-electron chi connectivity index (χ4n) is 3.16. The summed E-state index contributed by atoms with van der Waals surface area (Å²) < 4.78 is 53.8. The minimum atomic E-state index is -4.57. The van der Waals surface area contributed by atoms with Crippen LogP contribution in [0.1, 0.15) is 38.9 Å². The molecule has 1 aromatic carbocycles. The number of halogens is 2. The third-order valence-corrected chi connectivity index (χ3v) is 6.23. The third kappa shape index (κ3) is 5.11. The van der Waals surface area contributed by atoms with Crippen LogP contribution >= 0.6 is 0 Å². The number of anilines is 1. The Morgan fingerprint density at radius 3 is 2.38 bits per heavy atom. The highest BCUT2D eigenvalue weighted by molar-refractivity contribution is 7.91. The van der Waals surface area contributed by atoms with Crippen LogP contribution in [0.4, 0.5) is 14.5 Å². The van der Waals surface area contributed by atoms with Gasteiger partial charge in [-0.3, -0.25) is 4.90 Å². The highest BCUT2D eigenvalue weighted by atomic mass is 32.2. The molecular weight excluding hydrogens is 402 g/mol. The van der Waals surface area contributed by atoms with Crippen molar-refractivity contribution >= 4 is 15.5 Å². The van der Waals surface area contributed by atoms with Crippen LogP contribution in [-0.4, -0.2) is 55.4 Å². The maximum atomic E-state index is 12.7. The lowest BCUT2D eigenvalue weighted by atomic mass is 9.97. The van der Waals surface area contributed by atoms with E-state index in [4.69, 9.17) is 4.52 Å². The normalized spacial score (nSPS) is 17.0. The molecule has 0 bridgehead atoms. The molecular formula is C19H26F2N4O3S. The Bertz CT molecular complexity index is 924. The third-order valence-electron chi connectivity index (χ3n) is 4.83. The van der Waals surface area contributed by atoms with Gasteiger partial charge in [0.15, 0.2) is 5.82 Å². The number of benzene rings is 1. The average molecular weight is 429 g/mol. The Balaban J connectivity index is 1.62. The molecule has 1 aromatic heterocycles. The van der Waals surface area contributed by atoms with Gasteiger partial charge in [-0.2, -0.15) is 13.8 Å². The Morgan fingerprint density at radius 2 is 1.79 bits per heavy atom. The molecule has 0 aliphatic carbocycles. The van der Waals surface area contributed by atoms with E-state index in [-0.39, 0.29) is 10.3 Å². The summed E-state index contributed by atoms with van der Waals surface area (Å²) in [5.74, 6) is -2.14. The monoisotopic (exact) mass is 428 g/mol. The van der Waals surface area contributed by atoms with Gasteiger partial charge in [0.2, 0.25) is 15.7 Å². The fraction of sp³-hybridized carbons (Fsp3) is 0.579. The molecule has 0 radical (unpaired) electrons. The molecule has 0 N–H and O–H groups in total. The molecule has 2 aromatic rings. The van der Waals surface area contributed by atoms with Crippen LogP contribution in [0.3, 0.4) is 0 Å². The van der Waals surface area contributed by atoms with Gasteiger partial charge >= 0.3 is 5.76 Å². The maximum absolute atomic E-state index is 12.7. The van der Waals surface area contributed by atoms with E-state index in [0.717, 1.165) is 38.3 Å². The molecule has 1 saturated heterocycles. The molecule has 10 heteroatoms. The van der Waals surface area contributed by atoms with Crippen molar-refractivity contribution in [1.82, 2.24) is 15.0 Å². The molecule has 0 unspecified atom stereocenters. The van der Waals surface area contributed by atoms with Crippen molar-refractivity contribution in [3.05, 3.63) is 36.0 Å². The second-order valence-corrected chi connectivity index (χ2v) is 10.1. The first-order valence-electron chi connectivity index (χ1n) is 9.50. The number of aromatic nitrogens is 2. The topological polar surface area (TPSA) is 79.5 Å². The van der Waals surface area contributed by atoms with Gasteiger partial charge < -0.3 is 9.42 Å². The predicted octanol–water partition coefficient (Wildman–Crippen LogP) is 3.08. The van der Waals surface area contributed by atoms with Crippen molar-refractivity contribution in [2.75, 3.05) is 31.1 Å². The van der Waals surface area contributed by atoms with Crippen molar-refractivity contribution in [3.8, 4) is 0 Å². The SMILES string of the molecule is CC(C)(C)c1nc(CN2CCCN(c3ccc(S(=O)(=O)C(F)F)cc3)CC2)no1. The number of hydrogen-bond donors (Lipinski definition) is 0. The summed E-state index contributed by atoms with van der Waals surface area (Å²) in [5.41, 5.74) is 0.625. The van der Waals surface area contributed by atoms with E-state index in [1.807, 2.05) is 20.8 Å². The summed E-state index contributed by atoms with van der Waals surface area (Å²) in [7, 11) is -4.57. The summed E-state index contributed by atoms with van der Waals surface area (Å²) >= 11 is 0. The van der Waals surface area contributed by atoms with E-state index in [1.54, 1.807) is 12.1 Å². The minimum Gasteiger partial charge on any atom is -0.370 e. The van der Waals surface area contributed by atoms with Crippen LogP contribution in [0.5, 0.6) is 0 Å². The Morgan fingerprint density at radius 1 is 1.10 bits per heavy atom. The maximum Gasteiger partial charge on any atom is 0.341 e. The molecule has 29 heavy (non-hydrogen) atoms. The molecule has 0 atom stereocenters. The second kappa shape index (κ2) is 8.35. The summed E-state index contributed by atoms with van der Waals surface area (Å²) in [5, 5.41) is 4.07. The number of sulfone groups is 1. The van der Waals surface area contributed by atoms with Gasteiger partial charge in [-0.25, -0.2) is 8.42 Å². The number of rotatable bonds is 5. The van der Waals surface area contributed by atoms with Crippen LogP contribution in [0.25, 0.3) is 0 Å². The van der Waals surface area contributed by atoms with Crippen LogP contribution in [0.15, 0.2) is 33.7 Å². The van der Waals surface area contributed by atoms with Crippen molar-refractivity contribution in [2.24, 2.45) is 0 Å². The molecule has 2 heterocycles. The van der Waals surface area contributed by atoms with Gasteiger partial charge in [0.05, 0.1) is 11.4 Å². The lowest BCUT2D eigenvalue weighted by Gasteiger charge is -2.23. The van der Waals surface area contributed by atoms with Gasteiger partial charge in [0.1, 0.15) is 0 Å². The highest BCUT2D eigenvalue weighted by Crippen LogP contribution is 2.24. The quantitative estimate of drug-likeness (QED) is 0.724. The number of alkyl halides is 2. The standard InChI is InChI=1S/C19H26F2N4O3S/c1-19(2,3)17-22-16(23-28-17)13-24-9-4-10-25(12-11-24)14-5-7-15(8-6-14)29(26,27)18(20)21/h5-8,18H,4,9-13H2,1-3H3. The summed E-state index contributed by atoms with van der Waals surface area (Å²) in [4.78, 5) is 8.48. The van der Waals surface area contributed by atoms with Gasteiger partial charge in [0.25, 0.3) is 0 Å².